The first-order valence-corrected chi connectivity index (χ1v) is 9.07. The minimum Gasteiger partial charge on any atom is -0.493 e. The molecular formula is C15H24N4O6S. The Hall–Kier alpha value is -2.79. The molecule has 0 aromatic heterocycles. The predicted octanol–water partition coefficient (Wildman–Crippen LogP) is -0.389. The van der Waals surface area contributed by atoms with E-state index in [0.29, 0.717) is 30.8 Å². The Morgan fingerprint density at radius 2 is 1.85 bits per heavy atom. The van der Waals surface area contributed by atoms with Gasteiger partial charge in [-0.05, 0) is 23.8 Å². The van der Waals surface area contributed by atoms with E-state index >= 15 is 0 Å². The molecule has 0 saturated carbocycles. The van der Waals surface area contributed by atoms with E-state index in [4.69, 9.17) is 25.5 Å². The third-order valence-electron chi connectivity index (χ3n) is 2.54. The van der Waals surface area contributed by atoms with Crippen molar-refractivity contribution in [1.82, 2.24) is 5.32 Å². The number of nitrogens with one attached hydrogen (secondary N) is 1. The lowest BCUT2D eigenvalue weighted by Crippen LogP contribution is -2.27. The number of guanidine groups is 1. The van der Waals surface area contributed by atoms with Gasteiger partial charge in [-0.25, -0.2) is 0 Å². The van der Waals surface area contributed by atoms with Crippen LogP contribution in [0.4, 0.5) is 0 Å². The molecule has 0 radical (unpaired) electrons. The largest absolute Gasteiger partial charge is 0.493 e. The summed E-state index contributed by atoms with van der Waals surface area (Å²) in [5.41, 5.74) is 11.2. The van der Waals surface area contributed by atoms with Gasteiger partial charge in [0.25, 0.3) is 10.1 Å². The molecule has 0 spiro atoms. The summed E-state index contributed by atoms with van der Waals surface area (Å²) < 4.78 is 36.2. The molecule has 0 heterocycles. The molecule has 1 aromatic carbocycles. The van der Waals surface area contributed by atoms with Crippen molar-refractivity contribution in [3.05, 3.63) is 29.8 Å². The van der Waals surface area contributed by atoms with Gasteiger partial charge >= 0.3 is 0 Å². The van der Waals surface area contributed by atoms with Crippen molar-refractivity contribution in [1.29, 1.82) is 0 Å². The average Bonchev–Trinajstić information content (AvgIpc) is 2.54. The van der Waals surface area contributed by atoms with E-state index in [9.17, 15) is 13.2 Å². The van der Waals surface area contributed by atoms with Crippen molar-refractivity contribution in [2.45, 2.75) is 0 Å². The van der Waals surface area contributed by atoms with Gasteiger partial charge in [-0.1, -0.05) is 6.07 Å². The van der Waals surface area contributed by atoms with Crippen molar-refractivity contribution in [2.75, 3.05) is 33.6 Å². The number of nitrogens with zero attached hydrogens (tertiary/aromatic N) is 1. The molecule has 0 unspecified atom stereocenters. The molecule has 1 rings (SSSR count). The Balaban J connectivity index is 0.00000110. The Morgan fingerprint density at radius 1 is 1.27 bits per heavy atom. The molecule has 0 bridgehead atoms. The predicted molar refractivity (Wildman–Crippen MR) is 99.7 cm³/mol. The SMILES string of the molecule is COc1ccc(/C=C/C(=O)NCCN=C(N)N)cc1OC.CS(=O)(=O)O. The minimum absolute atomic E-state index is 0.00474. The van der Waals surface area contributed by atoms with Crippen LogP contribution in [0.25, 0.3) is 6.08 Å². The number of amides is 1. The molecule has 26 heavy (non-hydrogen) atoms. The Kier molecular flexibility index (Phi) is 10.5. The van der Waals surface area contributed by atoms with E-state index in [1.807, 2.05) is 6.07 Å². The van der Waals surface area contributed by atoms with E-state index < -0.39 is 10.1 Å². The summed E-state index contributed by atoms with van der Waals surface area (Å²) in [6.45, 7) is 0.714. The first-order valence-electron chi connectivity index (χ1n) is 7.22. The summed E-state index contributed by atoms with van der Waals surface area (Å²) in [7, 11) is -0.543. The molecule has 0 fully saturated rings. The third kappa shape index (κ3) is 12.6. The monoisotopic (exact) mass is 388 g/mol. The van der Waals surface area contributed by atoms with Crippen LogP contribution in [0, 0.1) is 0 Å². The van der Waals surface area contributed by atoms with Crippen LogP contribution in [0.5, 0.6) is 11.5 Å². The number of hydrogen-bond donors (Lipinski definition) is 4. The average molecular weight is 388 g/mol. The highest BCUT2D eigenvalue weighted by molar-refractivity contribution is 7.85. The van der Waals surface area contributed by atoms with Gasteiger partial charge in [0.1, 0.15) is 0 Å². The van der Waals surface area contributed by atoms with Crippen LogP contribution in [0.2, 0.25) is 0 Å². The molecule has 0 aliphatic carbocycles. The Bertz CT molecular complexity index is 735. The maximum atomic E-state index is 11.6. The first-order chi connectivity index (χ1) is 12.1. The summed E-state index contributed by atoms with van der Waals surface area (Å²) in [5.74, 6) is 1.02. The van der Waals surface area contributed by atoms with Crippen molar-refractivity contribution >= 4 is 28.1 Å². The number of rotatable bonds is 7. The summed E-state index contributed by atoms with van der Waals surface area (Å²) >= 11 is 0. The molecule has 1 aromatic rings. The van der Waals surface area contributed by atoms with Crippen LogP contribution in [-0.2, 0) is 14.9 Å². The number of methoxy groups -OCH3 is 2. The fraction of sp³-hybridized carbons (Fsp3) is 0.333. The van der Waals surface area contributed by atoms with Crippen LogP contribution in [0.1, 0.15) is 5.56 Å². The number of ether oxygens (including phenoxy) is 2. The van der Waals surface area contributed by atoms with Crippen LogP contribution >= 0.6 is 0 Å². The second kappa shape index (κ2) is 11.7. The maximum Gasteiger partial charge on any atom is 0.261 e. The van der Waals surface area contributed by atoms with Gasteiger partial charge in [0.2, 0.25) is 5.91 Å². The Labute approximate surface area is 152 Å². The molecule has 0 atom stereocenters. The van der Waals surface area contributed by atoms with Crippen LogP contribution in [0.15, 0.2) is 29.3 Å². The first kappa shape index (κ1) is 23.2. The lowest BCUT2D eigenvalue weighted by Gasteiger charge is -2.07. The molecule has 146 valence electrons. The van der Waals surface area contributed by atoms with Gasteiger partial charge in [0.15, 0.2) is 17.5 Å². The van der Waals surface area contributed by atoms with Crippen LogP contribution in [0.3, 0.4) is 0 Å². The molecule has 10 nitrogen and oxygen atoms in total. The highest BCUT2D eigenvalue weighted by Crippen LogP contribution is 2.27. The number of nitrogens with two attached hydrogens (primary N) is 2. The van der Waals surface area contributed by atoms with Crippen molar-refractivity contribution in [2.24, 2.45) is 16.5 Å². The number of benzene rings is 1. The third-order valence-corrected chi connectivity index (χ3v) is 2.54. The topological polar surface area (TPSA) is 166 Å². The zero-order chi connectivity index (χ0) is 20.2. The number of carbonyl (C=O) groups is 1. The second-order valence-electron chi connectivity index (χ2n) is 4.78. The summed E-state index contributed by atoms with van der Waals surface area (Å²) in [6, 6.07) is 5.38. The quantitative estimate of drug-likeness (QED) is 0.161. The summed E-state index contributed by atoms with van der Waals surface area (Å²) in [4.78, 5) is 15.3. The number of carbonyl (C=O) groups excluding carboxylic acids is 1. The zero-order valence-electron chi connectivity index (χ0n) is 14.8. The van der Waals surface area contributed by atoms with E-state index in [1.54, 1.807) is 32.4 Å². The second-order valence-corrected chi connectivity index (χ2v) is 6.24. The highest BCUT2D eigenvalue weighted by Gasteiger charge is 2.03. The zero-order valence-corrected chi connectivity index (χ0v) is 15.6. The highest BCUT2D eigenvalue weighted by atomic mass is 32.2. The van der Waals surface area contributed by atoms with Crippen molar-refractivity contribution in [3.63, 3.8) is 0 Å². The number of hydrogen-bond acceptors (Lipinski definition) is 6. The molecular weight excluding hydrogens is 364 g/mol. The van der Waals surface area contributed by atoms with E-state index in [2.05, 4.69) is 10.3 Å². The molecule has 11 heteroatoms. The number of aliphatic imine (C=N–C) groups is 1. The molecule has 6 N–H and O–H groups in total. The smallest absolute Gasteiger partial charge is 0.261 e. The lowest BCUT2D eigenvalue weighted by atomic mass is 10.2. The normalized spacial score (nSPS) is 10.5. The van der Waals surface area contributed by atoms with Crippen molar-refractivity contribution in [3.8, 4) is 11.5 Å². The molecule has 0 aliphatic heterocycles. The van der Waals surface area contributed by atoms with E-state index in [1.165, 1.54) is 6.08 Å². The standard InChI is InChI=1S/C14H20N4O3.CH4O3S/c1-20-11-5-3-10(9-12(11)21-2)4-6-13(19)17-7-8-18-14(15)16;1-5(2,3)4/h3-6,9H,7-8H2,1-2H3,(H,17,19)(H4,15,16,18);1H3,(H,2,3,4)/b6-4+;. The van der Waals surface area contributed by atoms with Gasteiger partial charge in [0.05, 0.1) is 27.0 Å². The van der Waals surface area contributed by atoms with Crippen LogP contribution < -0.4 is 26.3 Å². The molecule has 0 saturated heterocycles. The van der Waals surface area contributed by atoms with Gasteiger partial charge in [-0.15, -0.1) is 0 Å². The van der Waals surface area contributed by atoms with Crippen LogP contribution in [-0.4, -0.2) is 58.4 Å². The summed E-state index contributed by atoms with van der Waals surface area (Å²) in [6.07, 6.45) is 3.82. The fourth-order valence-corrected chi connectivity index (χ4v) is 1.55. The lowest BCUT2D eigenvalue weighted by molar-refractivity contribution is -0.116. The summed E-state index contributed by atoms with van der Waals surface area (Å²) in [5, 5.41) is 2.66. The van der Waals surface area contributed by atoms with Gasteiger partial charge in [0, 0.05) is 12.6 Å². The van der Waals surface area contributed by atoms with Crippen molar-refractivity contribution < 1.29 is 27.2 Å². The van der Waals surface area contributed by atoms with Gasteiger partial charge in [-0.3, -0.25) is 14.3 Å². The molecule has 0 aliphatic rings. The molecule has 1 amide bonds. The van der Waals surface area contributed by atoms with E-state index in [-0.39, 0.29) is 11.9 Å². The fourth-order valence-electron chi connectivity index (χ4n) is 1.55. The van der Waals surface area contributed by atoms with Gasteiger partial charge < -0.3 is 26.3 Å². The Morgan fingerprint density at radius 3 is 2.35 bits per heavy atom. The van der Waals surface area contributed by atoms with Gasteiger partial charge in [-0.2, -0.15) is 8.42 Å². The minimum atomic E-state index is -3.67. The maximum absolute atomic E-state index is 11.6. The van der Waals surface area contributed by atoms with E-state index in [0.717, 1.165) is 5.56 Å².